The van der Waals surface area contributed by atoms with Crippen LogP contribution in [0.4, 0.5) is 15.0 Å². The van der Waals surface area contributed by atoms with E-state index in [1.165, 1.54) is 10.5 Å². The highest BCUT2D eigenvalue weighted by Crippen LogP contribution is 2.30. The van der Waals surface area contributed by atoms with Crippen molar-refractivity contribution in [3.63, 3.8) is 0 Å². The number of aromatic nitrogens is 4. The molecule has 1 unspecified atom stereocenters. The molecule has 5 heterocycles. The SMILES string of the molecule is CN1CCCN(Cc2ccc(-c3nc(-c4cnc5ccccn45)nc(NC4CCCN(C(=O)O)C4)c3F)cc2)CC1. The maximum absolute atomic E-state index is 16.1. The normalized spacial score (nSPS) is 18.9. The van der Waals surface area contributed by atoms with Gasteiger partial charge in [-0.25, -0.2) is 24.1 Å². The van der Waals surface area contributed by atoms with Crippen LogP contribution in [0.2, 0.25) is 0 Å². The van der Waals surface area contributed by atoms with E-state index < -0.39 is 11.9 Å². The molecule has 1 amide bonds. The number of halogens is 1. The number of fused-ring (bicyclic) bond motifs is 1. The van der Waals surface area contributed by atoms with Gasteiger partial charge in [-0.2, -0.15) is 0 Å². The lowest BCUT2D eigenvalue weighted by Crippen LogP contribution is -2.44. The Morgan fingerprint density at radius 2 is 1.90 bits per heavy atom. The van der Waals surface area contributed by atoms with Crippen molar-refractivity contribution in [2.75, 3.05) is 51.6 Å². The summed E-state index contributed by atoms with van der Waals surface area (Å²) in [6, 6.07) is 13.3. The number of nitrogens with one attached hydrogen (secondary N) is 1. The monoisotopic (exact) mass is 558 g/mol. The van der Waals surface area contributed by atoms with Gasteiger partial charge in [-0.15, -0.1) is 0 Å². The fourth-order valence-corrected chi connectivity index (χ4v) is 5.69. The van der Waals surface area contributed by atoms with E-state index in [-0.39, 0.29) is 24.1 Å². The van der Waals surface area contributed by atoms with Gasteiger partial charge < -0.3 is 20.2 Å². The maximum Gasteiger partial charge on any atom is 0.407 e. The molecular weight excluding hydrogens is 523 g/mol. The number of anilines is 1. The second-order valence-electron chi connectivity index (χ2n) is 11.0. The first-order chi connectivity index (χ1) is 19.9. The molecular formula is C30H35FN8O2. The van der Waals surface area contributed by atoms with Gasteiger partial charge in [-0.05, 0) is 57.1 Å². The quantitative estimate of drug-likeness (QED) is 0.362. The van der Waals surface area contributed by atoms with Crippen molar-refractivity contribution in [1.29, 1.82) is 0 Å². The largest absolute Gasteiger partial charge is 0.465 e. The van der Waals surface area contributed by atoms with Gasteiger partial charge in [0.1, 0.15) is 17.0 Å². The number of piperidine rings is 1. The van der Waals surface area contributed by atoms with Gasteiger partial charge in [0.05, 0.1) is 6.20 Å². The summed E-state index contributed by atoms with van der Waals surface area (Å²) in [4.78, 5) is 31.5. The van der Waals surface area contributed by atoms with Crippen LogP contribution in [0.3, 0.4) is 0 Å². The molecule has 3 aromatic heterocycles. The summed E-state index contributed by atoms with van der Waals surface area (Å²) in [6.07, 6.45) is 5.14. The molecule has 0 spiro atoms. The summed E-state index contributed by atoms with van der Waals surface area (Å²) in [5.41, 5.74) is 3.39. The fraction of sp³-hybridized carbons (Fsp3) is 0.400. The Labute approximate surface area is 238 Å². The summed E-state index contributed by atoms with van der Waals surface area (Å²) in [5.74, 6) is -0.157. The first-order valence-electron chi connectivity index (χ1n) is 14.2. The number of nitrogens with zero attached hydrogens (tertiary/aromatic N) is 7. The van der Waals surface area contributed by atoms with Gasteiger partial charge >= 0.3 is 6.09 Å². The van der Waals surface area contributed by atoms with Gasteiger partial charge in [0.25, 0.3) is 0 Å². The van der Waals surface area contributed by atoms with Gasteiger partial charge in [0, 0.05) is 50.5 Å². The van der Waals surface area contributed by atoms with Gasteiger partial charge in [-0.3, -0.25) is 9.30 Å². The summed E-state index contributed by atoms with van der Waals surface area (Å²) in [7, 11) is 2.16. The lowest BCUT2D eigenvalue weighted by Gasteiger charge is -2.31. The maximum atomic E-state index is 16.1. The predicted octanol–water partition coefficient (Wildman–Crippen LogP) is 4.29. The molecule has 2 saturated heterocycles. The summed E-state index contributed by atoms with van der Waals surface area (Å²) in [6.45, 7) is 5.84. The third-order valence-electron chi connectivity index (χ3n) is 7.98. The lowest BCUT2D eigenvalue weighted by molar-refractivity contribution is 0.132. The highest BCUT2D eigenvalue weighted by molar-refractivity contribution is 5.69. The van der Waals surface area contributed by atoms with E-state index in [0.717, 1.165) is 44.8 Å². The molecule has 2 aliphatic heterocycles. The number of hydrogen-bond donors (Lipinski definition) is 2. The minimum Gasteiger partial charge on any atom is -0.465 e. The van der Waals surface area contributed by atoms with Gasteiger partial charge in [0.2, 0.25) is 0 Å². The third kappa shape index (κ3) is 6.01. The number of carbonyl (C=O) groups is 1. The van der Waals surface area contributed by atoms with Crippen molar-refractivity contribution in [3.05, 3.63) is 66.2 Å². The predicted molar refractivity (Wildman–Crippen MR) is 155 cm³/mol. The van der Waals surface area contributed by atoms with E-state index in [2.05, 4.69) is 32.1 Å². The van der Waals surface area contributed by atoms with Crippen LogP contribution in [0.15, 0.2) is 54.9 Å². The molecule has 1 aromatic carbocycles. The zero-order valence-corrected chi connectivity index (χ0v) is 23.2. The average Bonchev–Trinajstić information content (AvgIpc) is 3.31. The van der Waals surface area contributed by atoms with Crippen molar-refractivity contribution in [2.24, 2.45) is 0 Å². The zero-order valence-electron chi connectivity index (χ0n) is 23.2. The number of pyridine rings is 1. The molecule has 6 rings (SSSR count). The summed E-state index contributed by atoms with van der Waals surface area (Å²) < 4.78 is 18.0. The van der Waals surface area contributed by atoms with E-state index in [4.69, 9.17) is 4.98 Å². The van der Waals surface area contributed by atoms with Crippen LogP contribution in [0.25, 0.3) is 28.4 Å². The van der Waals surface area contributed by atoms with Crippen molar-refractivity contribution in [1.82, 2.24) is 34.1 Å². The number of likely N-dealkylation sites (tertiary alicyclic amines) is 1. The zero-order chi connectivity index (χ0) is 28.3. The Bertz CT molecular complexity index is 1520. The molecule has 0 radical (unpaired) electrons. The van der Waals surface area contributed by atoms with E-state index >= 15 is 4.39 Å². The van der Waals surface area contributed by atoms with Crippen LogP contribution in [0.5, 0.6) is 0 Å². The van der Waals surface area contributed by atoms with E-state index in [1.807, 2.05) is 53.1 Å². The van der Waals surface area contributed by atoms with Crippen molar-refractivity contribution >= 4 is 17.6 Å². The molecule has 4 aromatic rings. The number of likely N-dealkylation sites (N-methyl/N-ethyl adjacent to an activating group) is 1. The fourth-order valence-electron chi connectivity index (χ4n) is 5.69. The number of benzene rings is 1. The highest BCUT2D eigenvalue weighted by atomic mass is 19.1. The summed E-state index contributed by atoms with van der Waals surface area (Å²) in [5, 5.41) is 12.7. The second-order valence-corrected chi connectivity index (χ2v) is 11.0. The van der Waals surface area contributed by atoms with Crippen LogP contribution in [-0.2, 0) is 6.54 Å². The molecule has 2 N–H and O–H groups in total. The molecule has 41 heavy (non-hydrogen) atoms. The van der Waals surface area contributed by atoms with E-state index in [0.29, 0.717) is 36.5 Å². The van der Waals surface area contributed by atoms with E-state index in [1.54, 1.807) is 6.20 Å². The Balaban J connectivity index is 1.33. The lowest BCUT2D eigenvalue weighted by atomic mass is 10.1. The Morgan fingerprint density at radius 3 is 2.73 bits per heavy atom. The Hall–Kier alpha value is -4.09. The Kier molecular flexibility index (Phi) is 7.80. The average molecular weight is 559 g/mol. The van der Waals surface area contributed by atoms with Crippen LogP contribution < -0.4 is 5.32 Å². The highest BCUT2D eigenvalue weighted by Gasteiger charge is 2.26. The molecule has 10 nitrogen and oxygen atoms in total. The number of carboxylic acid groups (broad SMARTS) is 1. The molecule has 2 fully saturated rings. The van der Waals surface area contributed by atoms with Crippen LogP contribution in [0.1, 0.15) is 24.8 Å². The van der Waals surface area contributed by atoms with Crippen molar-refractivity contribution in [3.8, 4) is 22.8 Å². The topological polar surface area (TPSA) is 102 Å². The molecule has 214 valence electrons. The first-order valence-corrected chi connectivity index (χ1v) is 14.2. The number of imidazole rings is 1. The minimum absolute atomic E-state index is 0.0610. The van der Waals surface area contributed by atoms with Crippen LogP contribution in [0, 0.1) is 5.82 Å². The molecule has 11 heteroatoms. The third-order valence-corrected chi connectivity index (χ3v) is 7.98. The Morgan fingerprint density at radius 1 is 1.05 bits per heavy atom. The second kappa shape index (κ2) is 11.8. The standard InChI is InChI=1S/C30H35FN8O2/c1-36-12-5-13-37(17-16-36)19-21-8-10-22(11-9-21)27-26(31)29(33-23-6-4-14-38(20-23)30(40)41)35-28(34-27)24-18-32-25-7-2-3-15-39(24)25/h2-3,7-11,15,18,23H,4-6,12-14,16-17,19-20H2,1H3,(H,40,41)(H,33,34,35). The molecule has 0 saturated carbocycles. The van der Waals surface area contributed by atoms with Crippen LogP contribution >= 0.6 is 0 Å². The smallest absolute Gasteiger partial charge is 0.407 e. The van der Waals surface area contributed by atoms with Gasteiger partial charge in [-0.1, -0.05) is 30.3 Å². The molecule has 1 atom stereocenters. The number of hydrogen-bond acceptors (Lipinski definition) is 7. The van der Waals surface area contributed by atoms with Crippen LogP contribution in [-0.4, -0.2) is 97.6 Å². The molecule has 0 bridgehead atoms. The minimum atomic E-state index is -0.973. The number of amides is 1. The molecule has 0 aliphatic carbocycles. The van der Waals surface area contributed by atoms with Gasteiger partial charge in [0.15, 0.2) is 17.5 Å². The summed E-state index contributed by atoms with van der Waals surface area (Å²) >= 11 is 0. The van der Waals surface area contributed by atoms with E-state index in [9.17, 15) is 9.90 Å². The van der Waals surface area contributed by atoms with Crippen molar-refractivity contribution < 1.29 is 14.3 Å². The first kappa shape index (κ1) is 27.1. The van der Waals surface area contributed by atoms with Crippen molar-refractivity contribution in [2.45, 2.75) is 31.8 Å². The molecule has 2 aliphatic rings. The number of rotatable bonds is 6.